The Morgan fingerprint density at radius 3 is 2.00 bits per heavy atom. The second-order valence-corrected chi connectivity index (χ2v) is 2.91. The van der Waals surface area contributed by atoms with Crippen LogP contribution in [0.4, 0.5) is 4.79 Å². The molecule has 0 radical (unpaired) electrons. The molecule has 0 saturated carbocycles. The Bertz CT molecular complexity index is 204. The molecular formula is C4H9N2O4P. The highest BCUT2D eigenvalue weighted by atomic mass is 31.1. The van der Waals surface area contributed by atoms with Crippen LogP contribution in [0.1, 0.15) is 0 Å². The summed E-state index contributed by atoms with van der Waals surface area (Å²) in [5.41, 5.74) is 0. The summed E-state index contributed by atoms with van der Waals surface area (Å²) in [6, 6.07) is -0.761. The van der Waals surface area contributed by atoms with Crippen LogP contribution < -0.4 is 0 Å². The first-order valence-corrected chi connectivity index (χ1v) is 3.87. The Hall–Kier alpha value is -0.870. The Morgan fingerprint density at radius 2 is 1.91 bits per heavy atom. The lowest BCUT2D eigenvalue weighted by atomic mass is 10.8. The van der Waals surface area contributed by atoms with Crippen molar-refractivity contribution in [2.45, 2.75) is 0 Å². The Labute approximate surface area is 64.3 Å². The van der Waals surface area contributed by atoms with Crippen molar-refractivity contribution in [3.8, 4) is 0 Å². The van der Waals surface area contributed by atoms with Crippen LogP contribution in [-0.2, 0) is 9.13 Å². The smallest absolute Gasteiger partial charge is 0.375 e. The molecule has 0 bridgehead atoms. The fourth-order valence-corrected chi connectivity index (χ4v) is 0.835. The van der Waals surface area contributed by atoms with Crippen molar-refractivity contribution in [2.24, 2.45) is 0 Å². The molecule has 0 aliphatic carbocycles. The molecule has 1 N–H and O–H groups in total. The maximum absolute atomic E-state index is 10.8. The number of amides is 2. The summed E-state index contributed by atoms with van der Waals surface area (Å²) in [4.78, 5) is 11.9. The Kier molecular flexibility index (Phi) is 3.78. The summed E-state index contributed by atoms with van der Waals surface area (Å²) in [5, 5.41) is 8.41. The van der Waals surface area contributed by atoms with Crippen molar-refractivity contribution >= 4 is 13.9 Å². The fraction of sp³-hybridized carbons (Fsp3) is 0.750. The van der Waals surface area contributed by atoms with E-state index in [-0.39, 0.29) is 0 Å². The van der Waals surface area contributed by atoms with E-state index < -0.39 is 20.6 Å². The van der Waals surface area contributed by atoms with Gasteiger partial charge in [0.05, 0.1) is 0 Å². The predicted octanol–water partition coefficient (Wildman–Crippen LogP) is 0.00770. The molecule has 0 aromatic heterocycles. The largest absolute Gasteiger partial charge is 0.432 e. The summed E-state index contributed by atoms with van der Waals surface area (Å²) < 4.78 is 20.8. The van der Waals surface area contributed by atoms with Crippen LogP contribution in [-0.4, -0.2) is 41.5 Å². The highest BCUT2D eigenvalue weighted by Crippen LogP contribution is 2.13. The van der Waals surface area contributed by atoms with E-state index in [0.29, 0.717) is 4.67 Å². The van der Waals surface area contributed by atoms with Crippen molar-refractivity contribution < 1.29 is 19.0 Å². The van der Waals surface area contributed by atoms with Gasteiger partial charge < -0.3 is 10.0 Å². The minimum Gasteiger partial charge on any atom is -0.375 e. The minimum absolute atomic E-state index is 0.329. The first-order valence-electron chi connectivity index (χ1n) is 2.74. The average molecular weight is 180 g/mol. The molecule has 11 heavy (non-hydrogen) atoms. The van der Waals surface area contributed by atoms with Gasteiger partial charge in [0.25, 0.3) is 0 Å². The van der Waals surface area contributed by atoms with E-state index in [1.165, 1.54) is 14.1 Å². The van der Waals surface area contributed by atoms with Crippen LogP contribution in [0, 0.1) is 0 Å². The van der Waals surface area contributed by atoms with Gasteiger partial charge in [0.15, 0.2) is 0 Å². The molecule has 0 aliphatic rings. The SMILES string of the molecule is CN(C)C(=O)N(CO)P(=O)=O. The molecule has 2 amide bonds. The second-order valence-electron chi connectivity index (χ2n) is 1.96. The first kappa shape index (κ1) is 10.1. The van der Waals surface area contributed by atoms with Crippen molar-refractivity contribution in [3.63, 3.8) is 0 Å². The van der Waals surface area contributed by atoms with E-state index in [4.69, 9.17) is 5.11 Å². The van der Waals surface area contributed by atoms with E-state index in [0.717, 1.165) is 4.90 Å². The van der Waals surface area contributed by atoms with E-state index in [1.54, 1.807) is 0 Å². The molecule has 0 aromatic rings. The standard InChI is InChI=1S/C4H9N2O4P/c1-5(2)4(8)6(3-7)11(9)10/h7H,3H2,1-2H3. The molecule has 0 spiro atoms. The molecular weight excluding hydrogens is 171 g/mol. The average Bonchev–Trinajstić information content (AvgIpc) is 1.88. The Balaban J connectivity index is 4.39. The highest BCUT2D eigenvalue weighted by Gasteiger charge is 2.18. The van der Waals surface area contributed by atoms with E-state index in [9.17, 15) is 13.9 Å². The van der Waals surface area contributed by atoms with Crippen LogP contribution >= 0.6 is 7.83 Å². The molecule has 7 heteroatoms. The van der Waals surface area contributed by atoms with Crippen LogP contribution in [0.15, 0.2) is 0 Å². The molecule has 0 rings (SSSR count). The number of aliphatic hydroxyl groups is 1. The van der Waals surface area contributed by atoms with Gasteiger partial charge in [0.2, 0.25) is 0 Å². The summed E-state index contributed by atoms with van der Waals surface area (Å²) in [6.07, 6.45) is 0. The maximum Gasteiger partial charge on any atom is 0.432 e. The molecule has 0 fully saturated rings. The lowest BCUT2D eigenvalue weighted by molar-refractivity contribution is 0.151. The quantitative estimate of drug-likeness (QED) is 0.479. The van der Waals surface area contributed by atoms with Gasteiger partial charge in [-0.15, -0.1) is 0 Å². The van der Waals surface area contributed by atoms with Gasteiger partial charge in [-0.05, 0) is 0 Å². The van der Waals surface area contributed by atoms with Crippen LogP contribution in [0.3, 0.4) is 0 Å². The summed E-state index contributed by atoms with van der Waals surface area (Å²) in [6.45, 7) is -0.824. The monoisotopic (exact) mass is 180 g/mol. The molecule has 64 valence electrons. The first-order chi connectivity index (χ1) is 5.00. The van der Waals surface area contributed by atoms with Crippen molar-refractivity contribution in [2.75, 3.05) is 20.8 Å². The van der Waals surface area contributed by atoms with Crippen LogP contribution in [0.5, 0.6) is 0 Å². The van der Waals surface area contributed by atoms with Gasteiger partial charge in [0, 0.05) is 14.1 Å². The number of hydrogen-bond acceptors (Lipinski definition) is 4. The third-order valence-electron chi connectivity index (χ3n) is 0.934. The van der Waals surface area contributed by atoms with Gasteiger partial charge in [-0.25, -0.2) is 13.9 Å². The van der Waals surface area contributed by atoms with Crippen LogP contribution in [0.2, 0.25) is 0 Å². The van der Waals surface area contributed by atoms with Crippen molar-refractivity contribution in [1.29, 1.82) is 0 Å². The number of carbonyl (C=O) groups is 1. The van der Waals surface area contributed by atoms with Gasteiger partial charge in [-0.1, -0.05) is 0 Å². The number of aliphatic hydroxyl groups excluding tert-OH is 1. The highest BCUT2D eigenvalue weighted by molar-refractivity contribution is 7.28. The normalized spacial score (nSPS) is 9.00. The molecule has 0 atom stereocenters. The maximum atomic E-state index is 10.8. The number of hydrogen-bond donors (Lipinski definition) is 1. The number of urea groups is 1. The summed E-state index contributed by atoms with van der Waals surface area (Å²) in [5.74, 6) is 0. The third-order valence-corrected chi connectivity index (χ3v) is 1.63. The van der Waals surface area contributed by atoms with Crippen molar-refractivity contribution in [1.82, 2.24) is 9.57 Å². The molecule has 0 aliphatic heterocycles. The number of rotatable bonds is 2. The number of nitrogens with zero attached hydrogens (tertiary/aromatic N) is 2. The topological polar surface area (TPSA) is 77.9 Å². The lowest BCUT2D eigenvalue weighted by Gasteiger charge is -2.15. The third kappa shape index (κ3) is 2.69. The summed E-state index contributed by atoms with van der Waals surface area (Å²) >= 11 is 0. The van der Waals surface area contributed by atoms with Crippen molar-refractivity contribution in [3.05, 3.63) is 0 Å². The molecule has 6 nitrogen and oxygen atoms in total. The zero-order valence-corrected chi connectivity index (χ0v) is 7.12. The molecule has 0 aromatic carbocycles. The van der Waals surface area contributed by atoms with E-state index in [2.05, 4.69) is 0 Å². The number of carbonyl (C=O) groups excluding carboxylic acids is 1. The predicted molar refractivity (Wildman–Crippen MR) is 36.3 cm³/mol. The van der Waals surface area contributed by atoms with Gasteiger partial charge >= 0.3 is 13.9 Å². The molecule has 0 heterocycles. The zero-order valence-electron chi connectivity index (χ0n) is 6.22. The van der Waals surface area contributed by atoms with Gasteiger partial charge in [-0.3, -0.25) is 0 Å². The fourth-order valence-electron chi connectivity index (χ4n) is 0.413. The van der Waals surface area contributed by atoms with Gasteiger partial charge in [0.1, 0.15) is 6.73 Å². The summed E-state index contributed by atoms with van der Waals surface area (Å²) in [7, 11) is -0.258. The zero-order chi connectivity index (χ0) is 9.02. The van der Waals surface area contributed by atoms with Gasteiger partial charge in [-0.2, -0.15) is 4.67 Å². The van der Waals surface area contributed by atoms with E-state index in [1.807, 2.05) is 0 Å². The lowest BCUT2D eigenvalue weighted by Crippen LogP contribution is -2.34. The second kappa shape index (κ2) is 4.10. The molecule has 0 saturated heterocycles. The minimum atomic E-state index is -3.04. The van der Waals surface area contributed by atoms with Crippen LogP contribution in [0.25, 0.3) is 0 Å². The Morgan fingerprint density at radius 1 is 1.45 bits per heavy atom. The van der Waals surface area contributed by atoms with E-state index >= 15 is 0 Å². The molecule has 0 unspecified atom stereocenters.